The maximum absolute atomic E-state index is 13.0. The Bertz CT molecular complexity index is 1010. The molecule has 0 fully saturated rings. The van der Waals surface area contributed by atoms with E-state index in [9.17, 15) is 4.79 Å². The van der Waals surface area contributed by atoms with Crippen molar-refractivity contribution < 1.29 is 19.0 Å². The monoisotopic (exact) mass is 432 g/mol. The van der Waals surface area contributed by atoms with Crippen LogP contribution in [0.15, 0.2) is 72.9 Å². The SMILES string of the molecule is O=C(COc1ccccc1)N1CCCCCCOc2ccccc2Oc2ncccc2C1. The molecule has 0 bridgehead atoms. The zero-order valence-electron chi connectivity index (χ0n) is 18.1. The van der Waals surface area contributed by atoms with Crippen molar-refractivity contribution in [1.82, 2.24) is 9.88 Å². The first-order chi connectivity index (χ1) is 15.8. The van der Waals surface area contributed by atoms with Crippen LogP contribution in [-0.4, -0.2) is 35.5 Å². The number of hydrogen-bond donors (Lipinski definition) is 0. The Morgan fingerprint density at radius 3 is 2.56 bits per heavy atom. The van der Waals surface area contributed by atoms with E-state index >= 15 is 0 Å². The van der Waals surface area contributed by atoms with E-state index in [0.717, 1.165) is 31.2 Å². The van der Waals surface area contributed by atoms with E-state index in [-0.39, 0.29) is 12.5 Å². The van der Waals surface area contributed by atoms with Gasteiger partial charge in [-0.1, -0.05) is 49.2 Å². The summed E-state index contributed by atoms with van der Waals surface area (Å²) in [4.78, 5) is 19.3. The summed E-state index contributed by atoms with van der Waals surface area (Å²) in [6.45, 7) is 1.69. The van der Waals surface area contributed by atoms with Crippen LogP contribution >= 0.6 is 0 Å². The highest BCUT2D eigenvalue weighted by atomic mass is 16.5. The summed E-state index contributed by atoms with van der Waals surface area (Å²) in [7, 11) is 0. The molecule has 1 aliphatic heterocycles. The molecule has 2 aromatic carbocycles. The summed E-state index contributed by atoms with van der Waals surface area (Å²) in [5, 5.41) is 0. The number of aromatic nitrogens is 1. The number of carbonyl (C=O) groups excluding carboxylic acids is 1. The average Bonchev–Trinajstić information content (AvgIpc) is 2.83. The molecule has 0 saturated carbocycles. The fourth-order valence-corrected chi connectivity index (χ4v) is 3.59. The van der Waals surface area contributed by atoms with Gasteiger partial charge in [-0.05, 0) is 43.2 Å². The van der Waals surface area contributed by atoms with Crippen LogP contribution in [-0.2, 0) is 11.3 Å². The Kier molecular flexibility index (Phi) is 7.58. The molecule has 6 nitrogen and oxygen atoms in total. The van der Waals surface area contributed by atoms with Gasteiger partial charge in [0.1, 0.15) is 5.75 Å². The van der Waals surface area contributed by atoms with E-state index in [0.29, 0.717) is 42.8 Å². The molecule has 2 heterocycles. The van der Waals surface area contributed by atoms with Crippen LogP contribution in [0.25, 0.3) is 0 Å². The van der Waals surface area contributed by atoms with Crippen LogP contribution in [0, 0.1) is 0 Å². The highest BCUT2D eigenvalue weighted by Crippen LogP contribution is 2.32. The summed E-state index contributed by atoms with van der Waals surface area (Å²) in [5.41, 5.74) is 0.840. The summed E-state index contributed by atoms with van der Waals surface area (Å²) < 4.78 is 17.8. The van der Waals surface area contributed by atoms with Crippen LogP contribution in [0.2, 0.25) is 0 Å². The predicted octanol–water partition coefficient (Wildman–Crippen LogP) is 5.23. The number of fused-ring (bicyclic) bond motifs is 2. The third-order valence-corrected chi connectivity index (χ3v) is 5.31. The fraction of sp³-hybridized carbons (Fsp3) is 0.308. The van der Waals surface area contributed by atoms with Gasteiger partial charge in [0.25, 0.3) is 5.91 Å². The van der Waals surface area contributed by atoms with Gasteiger partial charge in [0.15, 0.2) is 18.1 Å². The second-order valence-electron chi connectivity index (χ2n) is 7.70. The lowest BCUT2D eigenvalue weighted by molar-refractivity contribution is -0.134. The molecule has 6 heteroatoms. The second-order valence-corrected chi connectivity index (χ2v) is 7.70. The number of amides is 1. The first-order valence-corrected chi connectivity index (χ1v) is 11.1. The molecule has 0 atom stereocenters. The van der Waals surface area contributed by atoms with Crippen LogP contribution in [0.1, 0.15) is 31.2 Å². The molecule has 0 saturated heterocycles. The molecule has 32 heavy (non-hydrogen) atoms. The van der Waals surface area contributed by atoms with Crippen molar-refractivity contribution in [2.24, 2.45) is 0 Å². The highest BCUT2D eigenvalue weighted by molar-refractivity contribution is 5.77. The van der Waals surface area contributed by atoms with Crippen molar-refractivity contribution >= 4 is 5.91 Å². The summed E-state index contributed by atoms with van der Waals surface area (Å²) >= 11 is 0. The van der Waals surface area contributed by atoms with E-state index in [1.165, 1.54) is 0 Å². The average molecular weight is 433 g/mol. The van der Waals surface area contributed by atoms with Crippen LogP contribution in [0.3, 0.4) is 0 Å². The van der Waals surface area contributed by atoms with Crippen molar-refractivity contribution in [1.29, 1.82) is 0 Å². The quantitative estimate of drug-likeness (QED) is 0.567. The number of pyridine rings is 1. The molecular weight excluding hydrogens is 404 g/mol. The summed E-state index contributed by atoms with van der Waals surface area (Å²) in [6.07, 6.45) is 5.64. The van der Waals surface area contributed by atoms with Gasteiger partial charge in [-0.15, -0.1) is 0 Å². The molecule has 0 radical (unpaired) electrons. The van der Waals surface area contributed by atoms with E-state index in [4.69, 9.17) is 14.2 Å². The zero-order chi connectivity index (χ0) is 22.0. The van der Waals surface area contributed by atoms with Gasteiger partial charge in [-0.3, -0.25) is 4.79 Å². The predicted molar refractivity (Wildman–Crippen MR) is 122 cm³/mol. The van der Waals surface area contributed by atoms with Gasteiger partial charge >= 0.3 is 0 Å². The Labute approximate surface area is 188 Å². The molecule has 1 amide bonds. The second kappa shape index (κ2) is 11.2. The Morgan fingerprint density at radius 1 is 0.906 bits per heavy atom. The van der Waals surface area contributed by atoms with E-state index in [2.05, 4.69) is 4.98 Å². The van der Waals surface area contributed by atoms with Gasteiger partial charge in [0.05, 0.1) is 13.2 Å². The molecule has 166 valence electrons. The van der Waals surface area contributed by atoms with Crippen LogP contribution < -0.4 is 14.2 Å². The van der Waals surface area contributed by atoms with E-state index in [1.807, 2.05) is 71.6 Å². The molecule has 0 spiro atoms. The van der Waals surface area contributed by atoms with Crippen molar-refractivity contribution in [3.05, 3.63) is 78.5 Å². The van der Waals surface area contributed by atoms with Gasteiger partial charge in [-0.25, -0.2) is 4.98 Å². The standard InChI is InChI=1S/C26H28N2O4/c29-25(20-31-22-12-4-3-5-13-22)28-17-8-1-2-9-18-30-23-14-6-7-15-24(23)32-26-21(19-28)11-10-16-27-26/h3-7,10-16H,1-2,8-9,17-20H2. The van der Waals surface area contributed by atoms with Gasteiger partial charge in [0.2, 0.25) is 5.88 Å². The van der Waals surface area contributed by atoms with Gasteiger partial charge in [-0.2, -0.15) is 0 Å². The molecule has 1 aromatic heterocycles. The molecule has 4 rings (SSSR count). The highest BCUT2D eigenvalue weighted by Gasteiger charge is 2.19. The number of rotatable bonds is 3. The third kappa shape index (κ3) is 6.00. The normalized spacial score (nSPS) is 14.7. The molecule has 0 aliphatic carbocycles. The zero-order valence-corrected chi connectivity index (χ0v) is 18.1. The van der Waals surface area contributed by atoms with Crippen molar-refractivity contribution in [2.45, 2.75) is 32.2 Å². The minimum absolute atomic E-state index is 0.00284. The minimum atomic E-state index is -0.0560. The topological polar surface area (TPSA) is 60.9 Å². The fourth-order valence-electron chi connectivity index (χ4n) is 3.59. The van der Waals surface area contributed by atoms with E-state index < -0.39 is 0 Å². The number of carbonyl (C=O) groups is 1. The maximum Gasteiger partial charge on any atom is 0.260 e. The molecule has 0 unspecified atom stereocenters. The maximum atomic E-state index is 13.0. The lowest BCUT2D eigenvalue weighted by Crippen LogP contribution is -2.35. The molecular formula is C26H28N2O4. The largest absolute Gasteiger partial charge is 0.490 e. The molecule has 1 aliphatic rings. The first kappa shape index (κ1) is 21.7. The Morgan fingerprint density at radius 2 is 1.69 bits per heavy atom. The van der Waals surface area contributed by atoms with Crippen molar-refractivity contribution in [2.75, 3.05) is 19.8 Å². The number of nitrogens with zero attached hydrogens (tertiary/aromatic N) is 2. The smallest absolute Gasteiger partial charge is 0.260 e. The minimum Gasteiger partial charge on any atom is -0.490 e. The third-order valence-electron chi connectivity index (χ3n) is 5.31. The van der Waals surface area contributed by atoms with E-state index in [1.54, 1.807) is 6.20 Å². The molecule has 0 N–H and O–H groups in total. The van der Waals surface area contributed by atoms with Crippen molar-refractivity contribution in [3.8, 4) is 23.1 Å². The summed E-state index contributed by atoms with van der Waals surface area (Å²) in [6, 6.07) is 20.8. The number of para-hydroxylation sites is 3. The van der Waals surface area contributed by atoms with Gasteiger partial charge < -0.3 is 19.1 Å². The first-order valence-electron chi connectivity index (χ1n) is 11.1. The molecule has 3 aromatic rings. The van der Waals surface area contributed by atoms with Crippen LogP contribution in [0.5, 0.6) is 23.1 Å². The number of ether oxygens (including phenoxy) is 3. The number of benzene rings is 2. The van der Waals surface area contributed by atoms with Crippen LogP contribution in [0.4, 0.5) is 0 Å². The Balaban J connectivity index is 1.54. The van der Waals surface area contributed by atoms with Gasteiger partial charge in [0, 0.05) is 18.3 Å². The van der Waals surface area contributed by atoms with Crippen molar-refractivity contribution in [3.63, 3.8) is 0 Å². The lowest BCUT2D eigenvalue weighted by atomic mass is 10.1. The Hall–Kier alpha value is -3.54. The lowest BCUT2D eigenvalue weighted by Gasteiger charge is -2.24. The number of hydrogen-bond acceptors (Lipinski definition) is 5. The summed E-state index contributed by atoms with van der Waals surface area (Å²) in [5.74, 6) is 2.42.